The smallest absolute Gasteiger partial charge is 0.0509 e. The molecule has 1 saturated heterocycles. The van der Waals surface area contributed by atoms with Crippen LogP contribution < -0.4 is 5.32 Å². The van der Waals surface area contributed by atoms with Gasteiger partial charge in [0.25, 0.3) is 0 Å². The van der Waals surface area contributed by atoms with E-state index in [1.165, 1.54) is 17.5 Å². The van der Waals surface area contributed by atoms with Crippen molar-refractivity contribution in [3.05, 3.63) is 35.4 Å². The molecule has 0 aliphatic carbocycles. The predicted molar refractivity (Wildman–Crippen MR) is 75.7 cm³/mol. The van der Waals surface area contributed by atoms with Gasteiger partial charge in [-0.25, -0.2) is 0 Å². The monoisotopic (exact) mass is 247 g/mol. The summed E-state index contributed by atoms with van der Waals surface area (Å²) in [6, 6.07) is 9.87. The lowest BCUT2D eigenvalue weighted by Crippen LogP contribution is -2.36. The molecule has 1 aliphatic rings. The Hall–Kier alpha value is -0.860. The highest BCUT2D eigenvalue weighted by atomic mass is 16.5. The van der Waals surface area contributed by atoms with Crippen LogP contribution in [-0.2, 0) is 4.74 Å². The molecule has 2 rings (SSSR count). The first-order valence-electron chi connectivity index (χ1n) is 7.11. The van der Waals surface area contributed by atoms with Crippen LogP contribution >= 0.6 is 0 Å². The topological polar surface area (TPSA) is 21.3 Å². The summed E-state index contributed by atoms with van der Waals surface area (Å²) in [6.07, 6.45) is 2.32. The lowest BCUT2D eigenvalue weighted by atomic mass is 9.97. The van der Waals surface area contributed by atoms with E-state index in [1.54, 1.807) is 0 Å². The molecule has 0 bridgehead atoms. The fourth-order valence-corrected chi connectivity index (χ4v) is 2.65. The van der Waals surface area contributed by atoms with Crippen molar-refractivity contribution in [2.45, 2.75) is 45.7 Å². The molecule has 3 atom stereocenters. The van der Waals surface area contributed by atoms with Crippen LogP contribution in [0.1, 0.15) is 43.9 Å². The fourth-order valence-electron chi connectivity index (χ4n) is 2.65. The third kappa shape index (κ3) is 3.33. The lowest BCUT2D eigenvalue weighted by molar-refractivity contribution is 0.176. The summed E-state index contributed by atoms with van der Waals surface area (Å²) in [4.78, 5) is 0. The first-order chi connectivity index (χ1) is 8.70. The second kappa shape index (κ2) is 6.35. The van der Waals surface area contributed by atoms with E-state index < -0.39 is 0 Å². The average molecular weight is 247 g/mol. The maximum absolute atomic E-state index is 5.47. The zero-order valence-electron chi connectivity index (χ0n) is 11.8. The van der Waals surface area contributed by atoms with E-state index in [1.807, 2.05) is 0 Å². The van der Waals surface area contributed by atoms with Gasteiger partial charge < -0.3 is 10.1 Å². The maximum atomic E-state index is 5.47. The molecule has 100 valence electrons. The van der Waals surface area contributed by atoms with Crippen molar-refractivity contribution < 1.29 is 4.74 Å². The predicted octanol–water partition coefficient (Wildman–Crippen LogP) is 3.46. The van der Waals surface area contributed by atoms with Crippen LogP contribution in [0.2, 0.25) is 0 Å². The highest BCUT2D eigenvalue weighted by molar-refractivity contribution is 5.24. The van der Waals surface area contributed by atoms with Gasteiger partial charge in [-0.15, -0.1) is 0 Å². The zero-order chi connectivity index (χ0) is 13.0. The summed E-state index contributed by atoms with van der Waals surface area (Å²) in [7, 11) is 0. The summed E-state index contributed by atoms with van der Waals surface area (Å²) in [5, 5.41) is 3.76. The summed E-state index contributed by atoms with van der Waals surface area (Å²) in [6.45, 7) is 8.51. The van der Waals surface area contributed by atoms with Gasteiger partial charge in [-0.3, -0.25) is 0 Å². The first kappa shape index (κ1) is 13.6. The Morgan fingerprint density at radius 2 is 2.06 bits per heavy atom. The van der Waals surface area contributed by atoms with Gasteiger partial charge in [-0.1, -0.05) is 36.8 Å². The van der Waals surface area contributed by atoms with E-state index in [0.29, 0.717) is 18.0 Å². The molecule has 3 unspecified atom stereocenters. The van der Waals surface area contributed by atoms with E-state index in [4.69, 9.17) is 4.74 Å². The number of benzene rings is 1. The number of aryl methyl sites for hydroxylation is 1. The van der Waals surface area contributed by atoms with Crippen LogP contribution in [0.15, 0.2) is 24.3 Å². The van der Waals surface area contributed by atoms with Gasteiger partial charge in [-0.2, -0.15) is 0 Å². The fraction of sp³-hybridized carbons (Fsp3) is 0.625. The van der Waals surface area contributed by atoms with Crippen molar-refractivity contribution in [1.29, 1.82) is 0 Å². The molecule has 1 aromatic carbocycles. The van der Waals surface area contributed by atoms with Crippen molar-refractivity contribution in [2.75, 3.05) is 13.2 Å². The second-order valence-corrected chi connectivity index (χ2v) is 5.45. The quantitative estimate of drug-likeness (QED) is 0.860. The van der Waals surface area contributed by atoms with E-state index in [2.05, 4.69) is 50.4 Å². The van der Waals surface area contributed by atoms with Crippen LogP contribution in [0.4, 0.5) is 0 Å². The van der Waals surface area contributed by atoms with Crippen molar-refractivity contribution in [1.82, 2.24) is 5.32 Å². The Kier molecular flexibility index (Phi) is 4.79. The molecule has 0 aromatic heterocycles. The summed E-state index contributed by atoms with van der Waals surface area (Å²) in [5.41, 5.74) is 2.72. The maximum Gasteiger partial charge on any atom is 0.0509 e. The van der Waals surface area contributed by atoms with Gasteiger partial charge in [0.15, 0.2) is 0 Å². The minimum atomic E-state index is 0.459. The molecular weight excluding hydrogens is 222 g/mol. The zero-order valence-corrected chi connectivity index (χ0v) is 11.8. The number of hydrogen-bond acceptors (Lipinski definition) is 2. The van der Waals surface area contributed by atoms with Crippen molar-refractivity contribution in [3.8, 4) is 0 Å². The molecule has 1 aliphatic heterocycles. The van der Waals surface area contributed by atoms with Crippen LogP contribution in [-0.4, -0.2) is 19.3 Å². The van der Waals surface area contributed by atoms with E-state index >= 15 is 0 Å². The Labute approximate surface area is 111 Å². The van der Waals surface area contributed by atoms with Gasteiger partial charge in [0.1, 0.15) is 0 Å². The van der Waals surface area contributed by atoms with Gasteiger partial charge >= 0.3 is 0 Å². The molecule has 0 radical (unpaired) electrons. The molecule has 0 amide bonds. The van der Waals surface area contributed by atoms with Crippen molar-refractivity contribution in [2.24, 2.45) is 5.92 Å². The third-order valence-corrected chi connectivity index (χ3v) is 4.02. The highest BCUT2D eigenvalue weighted by Gasteiger charge is 2.24. The first-order valence-corrected chi connectivity index (χ1v) is 7.11. The molecule has 1 aromatic rings. The molecule has 2 heteroatoms. The molecule has 1 fully saturated rings. The van der Waals surface area contributed by atoms with Crippen LogP contribution in [0.25, 0.3) is 0 Å². The molecule has 1 N–H and O–H groups in total. The molecule has 18 heavy (non-hydrogen) atoms. The highest BCUT2D eigenvalue weighted by Crippen LogP contribution is 2.22. The normalized spacial score (nSPS) is 22.9. The van der Waals surface area contributed by atoms with Crippen LogP contribution in [0.3, 0.4) is 0 Å². The lowest BCUT2D eigenvalue weighted by Gasteiger charge is -2.26. The molecule has 0 saturated carbocycles. The largest absolute Gasteiger partial charge is 0.381 e. The Morgan fingerprint density at radius 3 is 2.61 bits per heavy atom. The van der Waals surface area contributed by atoms with E-state index in [-0.39, 0.29) is 0 Å². The van der Waals surface area contributed by atoms with Gasteiger partial charge in [0.05, 0.1) is 6.61 Å². The summed E-state index contributed by atoms with van der Waals surface area (Å²) in [5.74, 6) is 0.671. The molecule has 1 heterocycles. The van der Waals surface area contributed by atoms with Gasteiger partial charge in [0, 0.05) is 18.7 Å². The molecular formula is C16H25NO. The van der Waals surface area contributed by atoms with E-state index in [9.17, 15) is 0 Å². The van der Waals surface area contributed by atoms with Crippen LogP contribution in [0.5, 0.6) is 0 Å². The second-order valence-electron chi connectivity index (χ2n) is 5.45. The number of hydrogen-bond donors (Lipinski definition) is 1. The standard InChI is InChI=1S/C16H25NO/c1-4-16(14-7-5-12(2)6-8-14)17-13(3)15-9-10-18-11-15/h5-8,13,15-17H,4,9-11H2,1-3H3. The number of rotatable bonds is 5. The Morgan fingerprint density at radius 1 is 1.33 bits per heavy atom. The Balaban J connectivity index is 1.97. The minimum Gasteiger partial charge on any atom is -0.381 e. The summed E-state index contributed by atoms with van der Waals surface area (Å²) < 4.78 is 5.47. The average Bonchev–Trinajstić information content (AvgIpc) is 2.91. The molecule has 2 nitrogen and oxygen atoms in total. The van der Waals surface area contributed by atoms with Gasteiger partial charge in [0.2, 0.25) is 0 Å². The van der Waals surface area contributed by atoms with Crippen molar-refractivity contribution in [3.63, 3.8) is 0 Å². The van der Waals surface area contributed by atoms with E-state index in [0.717, 1.165) is 19.6 Å². The molecule has 0 spiro atoms. The summed E-state index contributed by atoms with van der Waals surface area (Å²) >= 11 is 0. The third-order valence-electron chi connectivity index (χ3n) is 4.02. The minimum absolute atomic E-state index is 0.459. The van der Waals surface area contributed by atoms with Gasteiger partial charge in [-0.05, 0) is 38.2 Å². The van der Waals surface area contributed by atoms with Crippen LogP contribution in [0, 0.1) is 12.8 Å². The Bertz CT molecular complexity index is 354. The van der Waals surface area contributed by atoms with Crippen molar-refractivity contribution >= 4 is 0 Å². The SMILES string of the molecule is CCC(NC(C)C1CCOC1)c1ccc(C)cc1. The number of nitrogens with one attached hydrogen (secondary N) is 1. The number of ether oxygens (including phenoxy) is 1.